The number of rotatable bonds is 6. The molecule has 46 heavy (non-hydrogen) atoms. The zero-order valence-electron chi connectivity index (χ0n) is 27.3. The molecule has 0 radical (unpaired) electrons. The van der Waals surface area contributed by atoms with Crippen molar-refractivity contribution in [3.05, 3.63) is 154 Å². The van der Waals surface area contributed by atoms with Crippen LogP contribution in [0.1, 0.15) is 86.4 Å². The van der Waals surface area contributed by atoms with E-state index in [2.05, 4.69) is 139 Å². The van der Waals surface area contributed by atoms with Crippen LogP contribution in [0.25, 0.3) is 11.1 Å². The third kappa shape index (κ3) is 5.01. The molecule has 4 nitrogen and oxygen atoms in total. The quantitative estimate of drug-likeness (QED) is 0.178. The summed E-state index contributed by atoms with van der Waals surface area (Å²) in [7, 11) is 0. The van der Waals surface area contributed by atoms with Gasteiger partial charge in [0, 0.05) is 17.0 Å². The van der Waals surface area contributed by atoms with Gasteiger partial charge in [0.05, 0.1) is 5.41 Å². The second-order valence-electron chi connectivity index (χ2n) is 14.2. The average molecular weight is 603 g/mol. The topological polar surface area (TPSA) is 66.0 Å². The van der Waals surface area contributed by atoms with Crippen molar-refractivity contribution in [1.82, 2.24) is 0 Å². The highest BCUT2D eigenvalue weighted by molar-refractivity contribution is 5.86. The minimum Gasteiger partial charge on any atom is -0.388 e. The molecule has 0 spiro atoms. The van der Waals surface area contributed by atoms with Crippen molar-refractivity contribution in [2.75, 3.05) is 0 Å². The van der Waals surface area contributed by atoms with E-state index in [1.165, 1.54) is 22.3 Å². The smallest absolute Gasteiger partial charge is 0.292 e. The van der Waals surface area contributed by atoms with E-state index in [1.54, 1.807) is 0 Å². The zero-order valence-corrected chi connectivity index (χ0v) is 27.3. The fourth-order valence-electron chi connectivity index (χ4n) is 7.45. The molecule has 0 bridgehead atoms. The summed E-state index contributed by atoms with van der Waals surface area (Å²) in [5, 5.41) is 19.2. The van der Waals surface area contributed by atoms with E-state index in [4.69, 9.17) is 9.47 Å². The third-order valence-electron chi connectivity index (χ3n) is 9.24. The van der Waals surface area contributed by atoms with Crippen LogP contribution in [0.3, 0.4) is 0 Å². The maximum atomic E-state index is 9.74. The Morgan fingerprint density at radius 2 is 1.09 bits per heavy atom. The summed E-state index contributed by atoms with van der Waals surface area (Å²) in [6.07, 6.45) is 3.83. The summed E-state index contributed by atoms with van der Waals surface area (Å²) in [6, 6.07) is 40.3. The molecule has 0 heterocycles. The standard InChI is InChI=1S/C42H38N2O2/c1-40(2,3)36-25-30(21-23-38(36)46-27-44)42(34-18-12-10-16-31(34)32-17-11-13-19-35(32)42)29-20-22-37(45-26-43)33(24-29)39(41(4,5)6)28-14-8-7-9-15-28/h7-25,39H,1-6H3. The summed E-state index contributed by atoms with van der Waals surface area (Å²) < 4.78 is 11.2. The minimum atomic E-state index is -0.697. The first-order valence-electron chi connectivity index (χ1n) is 15.7. The molecule has 0 aromatic heterocycles. The highest BCUT2D eigenvalue weighted by Crippen LogP contribution is 2.58. The molecule has 0 saturated heterocycles. The predicted octanol–water partition coefficient (Wildman–Crippen LogP) is 10.2. The molecule has 5 aromatic rings. The largest absolute Gasteiger partial charge is 0.388 e. The van der Waals surface area contributed by atoms with Crippen molar-refractivity contribution >= 4 is 0 Å². The van der Waals surface area contributed by atoms with E-state index in [0.29, 0.717) is 11.5 Å². The van der Waals surface area contributed by atoms with Crippen LogP contribution in [-0.2, 0) is 10.8 Å². The molecular formula is C42H38N2O2. The Kier molecular flexibility index (Phi) is 7.71. The lowest BCUT2D eigenvalue weighted by Crippen LogP contribution is -2.30. The van der Waals surface area contributed by atoms with Crippen LogP contribution in [0, 0.1) is 28.4 Å². The van der Waals surface area contributed by atoms with Gasteiger partial charge in [0.1, 0.15) is 11.5 Å². The van der Waals surface area contributed by atoms with Gasteiger partial charge >= 0.3 is 0 Å². The molecule has 1 atom stereocenters. The minimum absolute atomic E-state index is 0.0579. The molecule has 0 amide bonds. The van der Waals surface area contributed by atoms with Crippen LogP contribution in [0.15, 0.2) is 115 Å². The van der Waals surface area contributed by atoms with Crippen LogP contribution in [0.2, 0.25) is 0 Å². The fraction of sp³-hybridized carbons (Fsp3) is 0.238. The maximum Gasteiger partial charge on any atom is 0.292 e. The van der Waals surface area contributed by atoms with Crippen molar-refractivity contribution in [3.63, 3.8) is 0 Å². The number of nitriles is 2. The van der Waals surface area contributed by atoms with Crippen LogP contribution >= 0.6 is 0 Å². The monoisotopic (exact) mass is 602 g/mol. The fourth-order valence-corrected chi connectivity index (χ4v) is 7.45. The van der Waals surface area contributed by atoms with Gasteiger partial charge in [0.15, 0.2) is 0 Å². The number of fused-ring (bicyclic) bond motifs is 3. The molecule has 1 unspecified atom stereocenters. The van der Waals surface area contributed by atoms with E-state index >= 15 is 0 Å². The maximum absolute atomic E-state index is 9.74. The van der Waals surface area contributed by atoms with Crippen molar-refractivity contribution in [2.24, 2.45) is 5.41 Å². The van der Waals surface area contributed by atoms with Crippen molar-refractivity contribution in [1.29, 1.82) is 10.5 Å². The molecule has 0 N–H and O–H groups in total. The molecule has 4 heteroatoms. The zero-order chi connectivity index (χ0) is 32.7. The van der Waals surface area contributed by atoms with E-state index in [1.807, 2.05) is 30.7 Å². The highest BCUT2D eigenvalue weighted by atomic mass is 16.5. The second kappa shape index (κ2) is 11.6. The highest BCUT2D eigenvalue weighted by Gasteiger charge is 2.47. The van der Waals surface area contributed by atoms with Gasteiger partial charge in [-0.1, -0.05) is 133 Å². The molecule has 5 aromatic carbocycles. The van der Waals surface area contributed by atoms with Gasteiger partial charge in [-0.15, -0.1) is 10.5 Å². The molecular weight excluding hydrogens is 564 g/mol. The Bertz CT molecular complexity index is 1950. The Labute approximate surface area is 272 Å². The van der Waals surface area contributed by atoms with Crippen LogP contribution in [0.4, 0.5) is 0 Å². The molecule has 0 saturated carbocycles. The molecule has 228 valence electrons. The first-order valence-corrected chi connectivity index (χ1v) is 15.7. The van der Waals surface area contributed by atoms with Gasteiger partial charge < -0.3 is 9.47 Å². The predicted molar refractivity (Wildman–Crippen MR) is 183 cm³/mol. The van der Waals surface area contributed by atoms with Crippen LogP contribution < -0.4 is 9.47 Å². The Balaban J connectivity index is 1.75. The molecule has 1 aliphatic rings. The van der Waals surface area contributed by atoms with Crippen molar-refractivity contribution in [2.45, 2.75) is 58.3 Å². The van der Waals surface area contributed by atoms with Gasteiger partial charge in [0.2, 0.25) is 0 Å². The first kappa shape index (κ1) is 30.7. The molecule has 0 fully saturated rings. The normalized spacial score (nSPS) is 13.9. The van der Waals surface area contributed by atoms with Gasteiger partial charge in [0.25, 0.3) is 12.5 Å². The molecule has 1 aliphatic carbocycles. The SMILES string of the molecule is CC(C)(C)c1cc(C2(c3ccc(OC#N)c(C(c4ccccc4)C(C)(C)C)c3)c3ccccc3-c3ccccc32)ccc1OC#N. The van der Waals surface area contributed by atoms with E-state index in [-0.39, 0.29) is 16.7 Å². The molecule has 0 aliphatic heterocycles. The van der Waals surface area contributed by atoms with E-state index in [0.717, 1.165) is 27.8 Å². The third-order valence-corrected chi connectivity index (χ3v) is 9.24. The van der Waals surface area contributed by atoms with Crippen LogP contribution in [0.5, 0.6) is 11.5 Å². The second-order valence-corrected chi connectivity index (χ2v) is 14.2. The van der Waals surface area contributed by atoms with Crippen molar-refractivity contribution in [3.8, 4) is 35.1 Å². The Morgan fingerprint density at radius 3 is 1.63 bits per heavy atom. The summed E-state index contributed by atoms with van der Waals surface area (Å²) in [6.45, 7) is 13.1. The lowest BCUT2D eigenvalue weighted by atomic mass is 9.65. The van der Waals surface area contributed by atoms with Gasteiger partial charge in [-0.05, 0) is 74.0 Å². The molecule has 6 rings (SSSR count). The lowest BCUT2D eigenvalue weighted by molar-refractivity contribution is 0.350. The first-order chi connectivity index (χ1) is 22.0. The summed E-state index contributed by atoms with van der Waals surface area (Å²) >= 11 is 0. The number of hydrogen-bond donors (Lipinski definition) is 0. The number of hydrogen-bond acceptors (Lipinski definition) is 4. The summed E-state index contributed by atoms with van der Waals surface area (Å²) in [5.74, 6) is 1.05. The van der Waals surface area contributed by atoms with Gasteiger partial charge in [-0.2, -0.15) is 0 Å². The van der Waals surface area contributed by atoms with Crippen LogP contribution in [-0.4, -0.2) is 0 Å². The summed E-state index contributed by atoms with van der Waals surface area (Å²) in [4.78, 5) is 0. The van der Waals surface area contributed by atoms with Gasteiger partial charge in [-0.3, -0.25) is 0 Å². The van der Waals surface area contributed by atoms with E-state index < -0.39 is 5.41 Å². The lowest BCUT2D eigenvalue weighted by Gasteiger charge is -2.37. The van der Waals surface area contributed by atoms with Crippen molar-refractivity contribution < 1.29 is 9.47 Å². The van der Waals surface area contributed by atoms with E-state index in [9.17, 15) is 10.5 Å². The average Bonchev–Trinajstić information content (AvgIpc) is 3.33. The number of nitrogens with zero attached hydrogens (tertiary/aromatic N) is 2. The number of ether oxygens (including phenoxy) is 2. The Morgan fingerprint density at radius 1 is 0.587 bits per heavy atom. The Hall–Kier alpha value is -5.32. The number of benzene rings is 5. The summed E-state index contributed by atoms with van der Waals surface area (Å²) in [5.41, 5.74) is 8.76. The van der Waals surface area contributed by atoms with Gasteiger partial charge in [-0.25, -0.2) is 0 Å².